The maximum atomic E-state index is 11.2. The predicted octanol–water partition coefficient (Wildman–Crippen LogP) is 5.35. The third kappa shape index (κ3) is 4.84. The average molecular weight is 337 g/mol. The van der Waals surface area contributed by atoms with E-state index in [1.807, 2.05) is 12.1 Å². The Morgan fingerprint density at radius 3 is 1.83 bits per heavy atom. The topological polar surface area (TPSA) is 35.5 Å². The van der Waals surface area contributed by atoms with Gasteiger partial charge in [-0.1, -0.05) is 53.7 Å². The van der Waals surface area contributed by atoms with Crippen LogP contribution in [0.25, 0.3) is 0 Å². The zero-order valence-corrected chi connectivity index (χ0v) is 16.7. The maximum Gasteiger partial charge on any atom is 0.305 e. The number of rotatable bonds is 8. The van der Waals surface area contributed by atoms with E-state index in [0.29, 0.717) is 29.5 Å². The molecule has 0 saturated heterocycles. The molecule has 23 heavy (non-hydrogen) atoms. The SMILES string of the molecule is COC(=O)CCc1ccc(O[Si](C(C)C)(C(C)C)C(C)C)cc1. The van der Waals surface area contributed by atoms with Crippen molar-refractivity contribution >= 4 is 14.3 Å². The zero-order valence-electron chi connectivity index (χ0n) is 15.7. The quantitative estimate of drug-likeness (QED) is 0.474. The van der Waals surface area contributed by atoms with Crippen LogP contribution in [0.4, 0.5) is 0 Å². The molecule has 0 aliphatic carbocycles. The lowest BCUT2D eigenvalue weighted by Crippen LogP contribution is -2.50. The van der Waals surface area contributed by atoms with E-state index >= 15 is 0 Å². The van der Waals surface area contributed by atoms with Crippen molar-refractivity contribution in [1.82, 2.24) is 0 Å². The summed E-state index contributed by atoms with van der Waals surface area (Å²) in [6.45, 7) is 13.7. The van der Waals surface area contributed by atoms with Gasteiger partial charge in [-0.25, -0.2) is 0 Å². The first-order chi connectivity index (χ1) is 10.7. The number of ether oxygens (including phenoxy) is 1. The van der Waals surface area contributed by atoms with E-state index in [1.165, 1.54) is 7.11 Å². The first-order valence-corrected chi connectivity index (χ1v) is 10.7. The molecule has 4 heteroatoms. The van der Waals surface area contributed by atoms with Gasteiger partial charge in [0.2, 0.25) is 0 Å². The van der Waals surface area contributed by atoms with Crippen molar-refractivity contribution in [3.05, 3.63) is 29.8 Å². The Kier molecular flexibility index (Phi) is 7.32. The molecule has 0 atom stereocenters. The van der Waals surface area contributed by atoms with Crippen LogP contribution in [0.3, 0.4) is 0 Å². The summed E-state index contributed by atoms with van der Waals surface area (Å²) >= 11 is 0. The number of methoxy groups -OCH3 is 1. The molecule has 1 aromatic carbocycles. The highest BCUT2D eigenvalue weighted by molar-refractivity contribution is 6.78. The molecule has 0 aliphatic heterocycles. The highest BCUT2D eigenvalue weighted by atomic mass is 28.4. The molecule has 0 fully saturated rings. The van der Waals surface area contributed by atoms with Crippen molar-refractivity contribution in [3.63, 3.8) is 0 Å². The van der Waals surface area contributed by atoms with Crippen LogP contribution in [0.2, 0.25) is 16.6 Å². The first-order valence-electron chi connectivity index (χ1n) is 8.58. The molecule has 0 unspecified atom stereocenters. The number of carbonyl (C=O) groups is 1. The second-order valence-corrected chi connectivity index (χ2v) is 12.5. The Hall–Kier alpha value is -1.29. The molecule has 0 saturated carbocycles. The molecule has 1 rings (SSSR count). The zero-order chi connectivity index (χ0) is 17.6. The second kappa shape index (κ2) is 8.53. The van der Waals surface area contributed by atoms with Crippen LogP contribution in [0.5, 0.6) is 5.75 Å². The summed E-state index contributed by atoms with van der Waals surface area (Å²) in [7, 11) is -0.478. The first kappa shape index (κ1) is 19.8. The average Bonchev–Trinajstić information content (AvgIpc) is 2.50. The standard InChI is InChI=1S/C19H32O3Si/c1-14(2)23(15(3)4,16(5)6)22-18-11-8-17(9-12-18)10-13-19(20)21-7/h8-9,11-12,14-16H,10,13H2,1-7H3. The van der Waals surface area contributed by atoms with Crippen molar-refractivity contribution in [2.75, 3.05) is 7.11 Å². The number of esters is 1. The molecule has 3 nitrogen and oxygen atoms in total. The van der Waals surface area contributed by atoms with Crippen molar-refractivity contribution < 1.29 is 14.0 Å². The fraction of sp³-hybridized carbons (Fsp3) is 0.632. The van der Waals surface area contributed by atoms with Gasteiger partial charge in [-0.3, -0.25) is 4.79 Å². The minimum atomic E-state index is -1.90. The van der Waals surface area contributed by atoms with E-state index in [1.54, 1.807) is 0 Å². The summed E-state index contributed by atoms with van der Waals surface area (Å²) in [5, 5.41) is 0. The fourth-order valence-electron chi connectivity index (χ4n) is 3.63. The normalized spacial score (nSPS) is 12.1. The molecule has 0 spiro atoms. The van der Waals surface area contributed by atoms with Crippen LogP contribution >= 0.6 is 0 Å². The molecule has 0 amide bonds. The molecule has 0 radical (unpaired) electrons. The predicted molar refractivity (Wildman–Crippen MR) is 98.5 cm³/mol. The summed E-state index contributed by atoms with van der Waals surface area (Å²) in [4.78, 5) is 11.2. The van der Waals surface area contributed by atoms with Crippen molar-refractivity contribution in [2.45, 2.75) is 71.0 Å². The van der Waals surface area contributed by atoms with E-state index in [2.05, 4.69) is 58.4 Å². The smallest absolute Gasteiger partial charge is 0.305 e. The number of carbonyl (C=O) groups excluding carboxylic acids is 1. The van der Waals surface area contributed by atoms with Gasteiger partial charge in [0.1, 0.15) is 5.75 Å². The van der Waals surface area contributed by atoms with Crippen LogP contribution in [0.1, 0.15) is 53.5 Å². The molecule has 0 aromatic heterocycles. The Morgan fingerprint density at radius 1 is 0.957 bits per heavy atom. The summed E-state index contributed by atoms with van der Waals surface area (Å²) in [6.07, 6.45) is 1.12. The summed E-state index contributed by atoms with van der Waals surface area (Å²) in [5.74, 6) is 0.783. The van der Waals surface area contributed by atoms with Crippen LogP contribution in [0, 0.1) is 0 Å². The van der Waals surface area contributed by atoms with Crippen molar-refractivity contribution in [2.24, 2.45) is 0 Å². The van der Waals surface area contributed by atoms with Gasteiger partial charge in [0, 0.05) is 6.42 Å². The Bertz CT molecular complexity index is 470. The molecule has 1 aromatic rings. The highest BCUT2D eigenvalue weighted by Gasteiger charge is 2.46. The fourth-order valence-corrected chi connectivity index (χ4v) is 8.88. The lowest BCUT2D eigenvalue weighted by molar-refractivity contribution is -0.140. The Labute approximate surface area is 142 Å². The lowest BCUT2D eigenvalue weighted by atomic mass is 10.1. The third-order valence-corrected chi connectivity index (χ3v) is 10.8. The summed E-state index contributed by atoms with van der Waals surface area (Å²) in [5.41, 5.74) is 2.80. The van der Waals surface area contributed by atoms with Crippen molar-refractivity contribution in [3.8, 4) is 5.75 Å². The van der Waals surface area contributed by atoms with Gasteiger partial charge in [-0.05, 0) is 40.7 Å². The number of hydrogen-bond donors (Lipinski definition) is 0. The number of hydrogen-bond acceptors (Lipinski definition) is 3. The van der Waals surface area contributed by atoms with E-state index in [0.717, 1.165) is 11.3 Å². The lowest BCUT2D eigenvalue weighted by Gasteiger charge is -2.42. The van der Waals surface area contributed by atoms with E-state index < -0.39 is 8.32 Å². The minimum Gasteiger partial charge on any atom is -0.543 e. The van der Waals surface area contributed by atoms with Gasteiger partial charge in [0.05, 0.1) is 7.11 Å². The largest absolute Gasteiger partial charge is 0.543 e. The third-order valence-electron chi connectivity index (χ3n) is 4.77. The number of benzene rings is 1. The van der Waals surface area contributed by atoms with Gasteiger partial charge in [-0.15, -0.1) is 0 Å². The second-order valence-electron chi connectivity index (χ2n) is 7.14. The molecular formula is C19H32O3Si. The van der Waals surface area contributed by atoms with Crippen molar-refractivity contribution in [1.29, 1.82) is 0 Å². The summed E-state index contributed by atoms with van der Waals surface area (Å²) in [6, 6.07) is 8.19. The van der Waals surface area contributed by atoms with Crippen LogP contribution in [-0.4, -0.2) is 21.4 Å². The monoisotopic (exact) mass is 336 g/mol. The van der Waals surface area contributed by atoms with Crippen LogP contribution in [0.15, 0.2) is 24.3 Å². The maximum absolute atomic E-state index is 11.2. The molecular weight excluding hydrogens is 304 g/mol. The summed E-state index contributed by atoms with van der Waals surface area (Å²) < 4.78 is 11.3. The molecule has 130 valence electrons. The van der Waals surface area contributed by atoms with Gasteiger partial charge in [0.15, 0.2) is 0 Å². The number of aryl methyl sites for hydroxylation is 1. The Balaban J connectivity index is 2.88. The van der Waals surface area contributed by atoms with Gasteiger partial charge in [0.25, 0.3) is 8.32 Å². The molecule has 0 heterocycles. The van der Waals surface area contributed by atoms with Gasteiger partial charge >= 0.3 is 5.97 Å². The van der Waals surface area contributed by atoms with Crippen LogP contribution < -0.4 is 4.43 Å². The van der Waals surface area contributed by atoms with Crippen LogP contribution in [-0.2, 0) is 16.0 Å². The van der Waals surface area contributed by atoms with E-state index in [-0.39, 0.29) is 5.97 Å². The van der Waals surface area contributed by atoms with Gasteiger partial charge < -0.3 is 9.16 Å². The van der Waals surface area contributed by atoms with E-state index in [4.69, 9.17) is 4.43 Å². The molecule has 0 N–H and O–H groups in total. The molecule has 0 aliphatic rings. The minimum absolute atomic E-state index is 0.170. The van der Waals surface area contributed by atoms with E-state index in [9.17, 15) is 4.79 Å². The highest BCUT2D eigenvalue weighted by Crippen LogP contribution is 2.42. The Morgan fingerprint density at radius 2 is 1.43 bits per heavy atom. The van der Waals surface area contributed by atoms with Gasteiger partial charge in [-0.2, -0.15) is 0 Å². The molecule has 0 bridgehead atoms.